The Bertz CT molecular complexity index is 949. The van der Waals surface area contributed by atoms with Gasteiger partial charge in [0.15, 0.2) is 10.8 Å². The fraction of sp³-hybridized carbons (Fsp3) is 0.421. The van der Waals surface area contributed by atoms with Crippen LogP contribution in [0.2, 0.25) is 0 Å². The van der Waals surface area contributed by atoms with Gasteiger partial charge in [-0.3, -0.25) is 4.79 Å². The minimum Gasteiger partial charge on any atom is -0.349 e. The lowest BCUT2D eigenvalue weighted by molar-refractivity contribution is 0.0929. The number of pyridine rings is 1. The number of hydrogen-bond donors (Lipinski definition) is 1. The summed E-state index contributed by atoms with van der Waals surface area (Å²) in [5.41, 5.74) is 2.00. The highest BCUT2D eigenvalue weighted by molar-refractivity contribution is 7.99. The van der Waals surface area contributed by atoms with Gasteiger partial charge in [-0.15, -0.1) is 0 Å². The second kappa shape index (κ2) is 7.64. The number of aryl methyl sites for hydroxylation is 2. The lowest BCUT2D eigenvalue weighted by Gasteiger charge is -2.28. The number of rotatable bonds is 4. The van der Waals surface area contributed by atoms with E-state index in [-0.39, 0.29) is 11.9 Å². The van der Waals surface area contributed by atoms with Crippen molar-refractivity contribution >= 4 is 28.8 Å². The van der Waals surface area contributed by atoms with Gasteiger partial charge in [-0.05, 0) is 44.7 Å². The lowest BCUT2D eigenvalue weighted by atomic mass is 9.94. The normalized spacial score (nSPS) is 19.9. The number of hydrogen-bond acceptors (Lipinski definition) is 6. The molecule has 0 atom stereocenters. The number of carbonyl (C=O) groups is 1. The third-order valence-electron chi connectivity index (χ3n) is 5.05. The molecule has 1 fully saturated rings. The van der Waals surface area contributed by atoms with E-state index in [0.717, 1.165) is 42.3 Å². The predicted octanol–water partition coefficient (Wildman–Crippen LogP) is 2.90. The van der Waals surface area contributed by atoms with Gasteiger partial charge in [-0.1, -0.05) is 11.8 Å². The van der Waals surface area contributed by atoms with Crippen molar-refractivity contribution in [1.29, 1.82) is 0 Å². The van der Waals surface area contributed by atoms with E-state index < -0.39 is 0 Å². The molecule has 3 aromatic heterocycles. The van der Waals surface area contributed by atoms with Crippen molar-refractivity contribution < 1.29 is 4.79 Å². The number of nitrogens with one attached hydrogen (secondary N) is 1. The first-order valence-corrected chi connectivity index (χ1v) is 10.0. The van der Waals surface area contributed by atoms with Crippen molar-refractivity contribution in [3.63, 3.8) is 0 Å². The molecule has 0 unspecified atom stereocenters. The van der Waals surface area contributed by atoms with Crippen molar-refractivity contribution in [2.75, 3.05) is 0 Å². The molecular weight excluding hydrogens is 360 g/mol. The number of fused-ring (bicyclic) bond motifs is 1. The molecule has 0 radical (unpaired) electrons. The molecule has 0 saturated heterocycles. The fourth-order valence-electron chi connectivity index (χ4n) is 3.46. The van der Waals surface area contributed by atoms with E-state index in [2.05, 4.69) is 25.3 Å². The zero-order chi connectivity index (χ0) is 18.8. The number of thioether (sulfide) groups is 1. The molecule has 0 bridgehead atoms. The summed E-state index contributed by atoms with van der Waals surface area (Å²) in [6.45, 7) is 1.92. The Balaban J connectivity index is 1.38. The van der Waals surface area contributed by atoms with Crippen LogP contribution in [0.4, 0.5) is 0 Å². The summed E-state index contributed by atoms with van der Waals surface area (Å²) in [5.74, 6) is 0.779. The van der Waals surface area contributed by atoms with E-state index in [1.165, 1.54) is 0 Å². The van der Waals surface area contributed by atoms with Crippen molar-refractivity contribution in [3.8, 4) is 0 Å². The first-order valence-electron chi connectivity index (χ1n) is 9.14. The Kier molecular flexibility index (Phi) is 5.07. The summed E-state index contributed by atoms with van der Waals surface area (Å²) in [5, 5.41) is 4.52. The van der Waals surface area contributed by atoms with Crippen molar-refractivity contribution in [2.24, 2.45) is 7.05 Å². The smallest absolute Gasteiger partial charge is 0.253 e. The van der Waals surface area contributed by atoms with Crippen LogP contribution >= 0.6 is 11.8 Å². The number of imidazole rings is 1. The van der Waals surface area contributed by atoms with E-state index in [9.17, 15) is 4.79 Å². The Morgan fingerprint density at radius 1 is 1.15 bits per heavy atom. The van der Waals surface area contributed by atoms with Gasteiger partial charge in [-0.25, -0.2) is 19.9 Å². The SMILES string of the molecule is Cc1nc2c(C(=O)NC3CCC(Sc4ncccn4)CC3)ccnc2n1C. The average Bonchev–Trinajstić information content (AvgIpc) is 2.98. The summed E-state index contributed by atoms with van der Waals surface area (Å²) in [7, 11) is 1.91. The van der Waals surface area contributed by atoms with E-state index >= 15 is 0 Å². The van der Waals surface area contributed by atoms with Gasteiger partial charge < -0.3 is 9.88 Å². The Labute approximate surface area is 162 Å². The summed E-state index contributed by atoms with van der Waals surface area (Å²) in [4.78, 5) is 30.2. The first-order chi connectivity index (χ1) is 13.1. The molecule has 1 saturated carbocycles. The summed E-state index contributed by atoms with van der Waals surface area (Å²) >= 11 is 1.73. The molecule has 1 aliphatic rings. The van der Waals surface area contributed by atoms with Gasteiger partial charge >= 0.3 is 0 Å². The maximum absolute atomic E-state index is 12.8. The van der Waals surface area contributed by atoms with Gasteiger partial charge in [0.25, 0.3) is 5.91 Å². The van der Waals surface area contributed by atoms with Crippen LogP contribution in [0.1, 0.15) is 41.9 Å². The monoisotopic (exact) mass is 382 g/mol. The Morgan fingerprint density at radius 2 is 1.89 bits per heavy atom. The van der Waals surface area contributed by atoms with Crippen molar-refractivity contribution in [1.82, 2.24) is 29.8 Å². The van der Waals surface area contributed by atoms with Crippen LogP contribution in [-0.4, -0.2) is 41.7 Å². The van der Waals surface area contributed by atoms with Gasteiger partial charge in [-0.2, -0.15) is 0 Å². The number of nitrogens with zero attached hydrogens (tertiary/aromatic N) is 5. The Hall–Kier alpha value is -2.48. The zero-order valence-electron chi connectivity index (χ0n) is 15.4. The van der Waals surface area contributed by atoms with Gasteiger partial charge in [0.05, 0.1) is 5.56 Å². The molecule has 3 heterocycles. The maximum atomic E-state index is 12.8. The molecule has 3 aromatic rings. The fourth-order valence-corrected chi connectivity index (χ4v) is 4.50. The summed E-state index contributed by atoms with van der Waals surface area (Å²) in [6, 6.07) is 3.77. The molecule has 1 amide bonds. The third-order valence-corrected chi connectivity index (χ3v) is 6.28. The number of carbonyl (C=O) groups excluding carboxylic acids is 1. The van der Waals surface area contributed by atoms with Crippen LogP contribution < -0.4 is 5.32 Å². The second-order valence-electron chi connectivity index (χ2n) is 6.85. The number of amides is 1. The van der Waals surface area contributed by atoms with Gasteiger partial charge in [0, 0.05) is 36.9 Å². The number of aromatic nitrogens is 5. The molecule has 8 heteroatoms. The van der Waals surface area contributed by atoms with E-state index in [1.54, 1.807) is 36.4 Å². The minimum atomic E-state index is -0.0667. The average molecular weight is 382 g/mol. The highest BCUT2D eigenvalue weighted by Gasteiger charge is 2.25. The third kappa shape index (κ3) is 3.80. The van der Waals surface area contributed by atoms with Crippen LogP contribution in [0.25, 0.3) is 11.2 Å². The molecule has 7 nitrogen and oxygen atoms in total. The highest BCUT2D eigenvalue weighted by atomic mass is 32.2. The van der Waals surface area contributed by atoms with Gasteiger partial charge in [0.2, 0.25) is 0 Å². The molecule has 140 valence electrons. The van der Waals surface area contributed by atoms with Crippen molar-refractivity contribution in [3.05, 3.63) is 42.1 Å². The quantitative estimate of drug-likeness (QED) is 0.699. The first kappa shape index (κ1) is 17.9. The van der Waals surface area contributed by atoms with Crippen LogP contribution in [0, 0.1) is 6.92 Å². The lowest BCUT2D eigenvalue weighted by Crippen LogP contribution is -2.38. The van der Waals surface area contributed by atoms with Crippen LogP contribution in [-0.2, 0) is 7.05 Å². The molecular formula is C19H22N6OS. The zero-order valence-corrected chi connectivity index (χ0v) is 16.2. The largest absolute Gasteiger partial charge is 0.349 e. The molecule has 27 heavy (non-hydrogen) atoms. The molecule has 1 aliphatic carbocycles. The summed E-state index contributed by atoms with van der Waals surface area (Å²) < 4.78 is 1.90. The summed E-state index contributed by atoms with van der Waals surface area (Å²) in [6.07, 6.45) is 9.24. The highest BCUT2D eigenvalue weighted by Crippen LogP contribution is 2.32. The minimum absolute atomic E-state index is 0.0667. The van der Waals surface area contributed by atoms with Gasteiger partial charge in [0.1, 0.15) is 11.3 Å². The van der Waals surface area contributed by atoms with Crippen LogP contribution in [0.5, 0.6) is 0 Å². The maximum Gasteiger partial charge on any atom is 0.253 e. The second-order valence-corrected chi connectivity index (χ2v) is 8.11. The standard InChI is InChI=1S/C19H22N6OS/c1-12-23-16-15(8-11-20-17(16)25(12)2)18(26)24-13-4-6-14(7-5-13)27-19-21-9-3-10-22-19/h3,8-11,13-14H,4-7H2,1-2H3,(H,24,26). The molecule has 1 N–H and O–H groups in total. The van der Waals surface area contributed by atoms with E-state index in [4.69, 9.17) is 0 Å². The molecule has 4 rings (SSSR count). The molecule has 0 aromatic carbocycles. The van der Waals surface area contributed by atoms with Crippen molar-refractivity contribution in [2.45, 2.75) is 49.1 Å². The Morgan fingerprint density at radius 3 is 2.63 bits per heavy atom. The van der Waals surface area contributed by atoms with Crippen LogP contribution in [0.3, 0.4) is 0 Å². The topological polar surface area (TPSA) is 85.6 Å². The molecule has 0 spiro atoms. The van der Waals surface area contributed by atoms with E-state index in [0.29, 0.717) is 16.3 Å². The van der Waals surface area contributed by atoms with Crippen LogP contribution in [0.15, 0.2) is 35.9 Å². The predicted molar refractivity (Wildman–Crippen MR) is 105 cm³/mol. The molecule has 0 aliphatic heterocycles. The van der Waals surface area contributed by atoms with E-state index in [1.807, 2.05) is 24.6 Å².